The van der Waals surface area contributed by atoms with Gasteiger partial charge >= 0.3 is 0 Å². The molecule has 5 aromatic rings. The summed E-state index contributed by atoms with van der Waals surface area (Å²) in [7, 11) is 1.67. The van der Waals surface area contributed by atoms with Crippen LogP contribution in [0.15, 0.2) is 106 Å². The molecule has 0 bridgehead atoms. The number of allylic oxidation sites excluding steroid dienone is 1. The molecule has 1 unspecified atom stereocenters. The van der Waals surface area contributed by atoms with Gasteiger partial charge in [-0.2, -0.15) is 0 Å². The van der Waals surface area contributed by atoms with Crippen molar-refractivity contribution >= 4 is 68.3 Å². The maximum Gasteiger partial charge on any atom is 0.271 e. The van der Waals surface area contributed by atoms with Gasteiger partial charge in [-0.05, 0) is 111 Å². The zero-order chi connectivity index (χ0) is 29.5. The monoisotopic (exact) mass is 808 g/mol. The lowest BCUT2D eigenvalue weighted by molar-refractivity contribution is 0.303. The summed E-state index contributed by atoms with van der Waals surface area (Å²) < 4.78 is 16.5. The van der Waals surface area contributed by atoms with E-state index in [0.717, 1.165) is 59.4 Å². The summed E-state index contributed by atoms with van der Waals surface area (Å²) in [6.07, 6.45) is 3.72. The van der Waals surface area contributed by atoms with Crippen LogP contribution in [0.1, 0.15) is 40.3 Å². The van der Waals surface area contributed by atoms with Crippen molar-refractivity contribution in [2.45, 2.75) is 25.5 Å². The second-order valence-electron chi connectivity index (χ2n) is 10.5. The summed E-state index contributed by atoms with van der Waals surface area (Å²) in [5, 5.41) is 0. The highest BCUT2D eigenvalue weighted by Gasteiger charge is 2.32. The number of ether oxygens (including phenoxy) is 2. The van der Waals surface area contributed by atoms with Crippen molar-refractivity contribution in [2.24, 2.45) is 4.99 Å². The summed E-state index contributed by atoms with van der Waals surface area (Å²) in [6.45, 7) is 0.446. The van der Waals surface area contributed by atoms with Crippen LogP contribution in [0.25, 0.3) is 11.8 Å². The van der Waals surface area contributed by atoms with Gasteiger partial charge in [0.25, 0.3) is 5.56 Å². The highest BCUT2D eigenvalue weighted by atomic mass is 127. The lowest BCUT2D eigenvalue weighted by Crippen LogP contribution is -2.38. The summed E-state index contributed by atoms with van der Waals surface area (Å²) >= 11 is 6.07. The maximum absolute atomic E-state index is 14.3. The molecular weight excluding hydrogens is 782 g/mol. The molecule has 8 heteroatoms. The number of halogens is 2. The lowest BCUT2D eigenvalue weighted by atomic mass is 9.83. The van der Waals surface area contributed by atoms with Gasteiger partial charge in [0, 0.05) is 14.7 Å². The Bertz CT molecular complexity index is 2080. The molecule has 1 atom stereocenters. The molecule has 0 N–H and O–H groups in total. The predicted molar refractivity (Wildman–Crippen MR) is 188 cm³/mol. The van der Waals surface area contributed by atoms with Crippen molar-refractivity contribution < 1.29 is 9.47 Å². The molecule has 214 valence electrons. The van der Waals surface area contributed by atoms with Crippen LogP contribution in [0.3, 0.4) is 0 Å². The number of hydrogen-bond acceptors (Lipinski definition) is 5. The summed E-state index contributed by atoms with van der Waals surface area (Å²) in [6, 6.07) is 30.5. The second-order valence-corrected chi connectivity index (χ2v) is 13.9. The van der Waals surface area contributed by atoms with Crippen LogP contribution >= 0.6 is 56.5 Å². The first kappa shape index (κ1) is 28.5. The zero-order valence-corrected chi connectivity index (χ0v) is 28.4. The van der Waals surface area contributed by atoms with E-state index < -0.39 is 0 Å². The Morgan fingerprint density at radius 2 is 1.79 bits per heavy atom. The Labute approximate surface area is 280 Å². The van der Waals surface area contributed by atoms with Crippen molar-refractivity contribution in [3.8, 4) is 11.5 Å². The molecule has 5 nitrogen and oxygen atoms in total. The quantitative estimate of drug-likeness (QED) is 0.172. The van der Waals surface area contributed by atoms with Gasteiger partial charge < -0.3 is 9.47 Å². The zero-order valence-electron chi connectivity index (χ0n) is 23.2. The van der Waals surface area contributed by atoms with E-state index in [2.05, 4.69) is 99.8 Å². The van der Waals surface area contributed by atoms with E-state index in [9.17, 15) is 4.79 Å². The standard InChI is InChI=1S/C35H26I2N2O3S/c1-41-26-12-7-11-23(17-26)32-28-15-14-22-10-5-6-13-27(22)31(28)38-35-39(32)34(40)30(43-35)18-24-16-25(36)19-29(37)33(24)42-20-21-8-3-2-4-9-21/h2-13,16-19,32H,14-15,20H2,1H3. The Hall–Kier alpha value is -3.22. The van der Waals surface area contributed by atoms with Crippen LogP contribution in [0.5, 0.6) is 11.5 Å². The number of fused-ring (bicyclic) bond motifs is 3. The molecule has 1 aliphatic carbocycles. The first-order valence-electron chi connectivity index (χ1n) is 13.9. The van der Waals surface area contributed by atoms with Gasteiger partial charge in [-0.3, -0.25) is 9.36 Å². The SMILES string of the molecule is COc1cccc(C2C3=C(N=c4sc(=Cc5cc(I)cc(I)c5OCc5ccccc5)c(=O)n42)c2ccccc2CC3)c1. The molecule has 1 aliphatic heterocycles. The average Bonchev–Trinajstić information content (AvgIpc) is 3.33. The first-order chi connectivity index (χ1) is 21.0. The Morgan fingerprint density at radius 1 is 0.977 bits per heavy atom. The van der Waals surface area contributed by atoms with E-state index in [0.29, 0.717) is 15.9 Å². The molecule has 0 fully saturated rings. The van der Waals surface area contributed by atoms with Gasteiger partial charge in [-0.1, -0.05) is 78.1 Å². The largest absolute Gasteiger partial charge is 0.497 e. The maximum atomic E-state index is 14.3. The van der Waals surface area contributed by atoms with Crippen molar-refractivity contribution in [3.05, 3.63) is 151 Å². The van der Waals surface area contributed by atoms with Crippen LogP contribution in [0, 0.1) is 7.14 Å². The third-order valence-corrected chi connectivity index (χ3v) is 10.2. The Kier molecular flexibility index (Phi) is 8.00. The molecule has 2 heterocycles. The molecule has 0 saturated carbocycles. The number of methoxy groups -OCH3 is 1. The van der Waals surface area contributed by atoms with E-state index in [4.69, 9.17) is 14.5 Å². The summed E-state index contributed by atoms with van der Waals surface area (Å²) in [4.78, 5) is 20.2. The second kappa shape index (κ2) is 12.0. The molecule has 1 aromatic heterocycles. The minimum Gasteiger partial charge on any atom is -0.497 e. The number of benzene rings is 4. The van der Waals surface area contributed by atoms with E-state index >= 15 is 0 Å². The van der Waals surface area contributed by atoms with E-state index in [1.807, 2.05) is 47.0 Å². The van der Waals surface area contributed by atoms with Gasteiger partial charge in [0.1, 0.15) is 18.1 Å². The third-order valence-electron chi connectivity index (χ3n) is 7.83. The smallest absolute Gasteiger partial charge is 0.271 e. The summed E-state index contributed by atoms with van der Waals surface area (Å²) in [5.74, 6) is 1.54. The van der Waals surface area contributed by atoms with Gasteiger partial charge in [0.05, 0.1) is 27.0 Å². The highest BCUT2D eigenvalue weighted by Crippen LogP contribution is 2.41. The van der Waals surface area contributed by atoms with Crippen molar-refractivity contribution in [1.29, 1.82) is 0 Å². The number of hydrogen-bond donors (Lipinski definition) is 0. The molecule has 7 rings (SSSR count). The van der Waals surface area contributed by atoms with Crippen LogP contribution in [0.2, 0.25) is 0 Å². The minimum absolute atomic E-state index is 0.0511. The fourth-order valence-corrected chi connectivity index (χ4v) is 8.88. The Morgan fingerprint density at radius 3 is 2.63 bits per heavy atom. The highest BCUT2D eigenvalue weighted by molar-refractivity contribution is 14.1. The molecule has 0 spiro atoms. The van der Waals surface area contributed by atoms with E-state index in [-0.39, 0.29) is 11.6 Å². The third kappa shape index (κ3) is 5.49. The molecular formula is C35H26I2N2O3S. The van der Waals surface area contributed by atoms with Gasteiger partial charge in [-0.25, -0.2) is 4.99 Å². The molecule has 0 radical (unpaired) electrons. The van der Waals surface area contributed by atoms with E-state index in [1.54, 1.807) is 7.11 Å². The normalized spacial score (nSPS) is 15.8. The molecule has 43 heavy (non-hydrogen) atoms. The number of nitrogens with zero attached hydrogens (tertiary/aromatic N) is 2. The van der Waals surface area contributed by atoms with Gasteiger partial charge in [-0.15, -0.1) is 0 Å². The number of aromatic nitrogens is 1. The molecule has 0 amide bonds. The molecule has 4 aromatic carbocycles. The topological polar surface area (TPSA) is 52.8 Å². The van der Waals surface area contributed by atoms with Crippen molar-refractivity contribution in [3.63, 3.8) is 0 Å². The van der Waals surface area contributed by atoms with Crippen LogP contribution < -0.4 is 24.4 Å². The fourth-order valence-electron chi connectivity index (χ4n) is 5.84. The fraction of sp³-hybridized carbons (Fsp3) is 0.143. The van der Waals surface area contributed by atoms with Crippen molar-refractivity contribution in [2.75, 3.05) is 7.11 Å². The Balaban J connectivity index is 1.41. The van der Waals surface area contributed by atoms with Gasteiger partial charge in [0.15, 0.2) is 4.80 Å². The molecule has 0 saturated heterocycles. The molecule has 2 aliphatic rings. The lowest BCUT2D eigenvalue weighted by Gasteiger charge is -2.31. The van der Waals surface area contributed by atoms with E-state index in [1.165, 1.54) is 22.5 Å². The average molecular weight is 808 g/mol. The van der Waals surface area contributed by atoms with Gasteiger partial charge in [0.2, 0.25) is 0 Å². The summed E-state index contributed by atoms with van der Waals surface area (Å²) in [5.41, 5.74) is 7.53. The van der Waals surface area contributed by atoms with Crippen molar-refractivity contribution in [1.82, 2.24) is 4.57 Å². The van der Waals surface area contributed by atoms with Crippen LogP contribution in [-0.4, -0.2) is 11.7 Å². The number of aryl methyl sites for hydroxylation is 1. The first-order valence-corrected chi connectivity index (χ1v) is 16.9. The van der Waals surface area contributed by atoms with Crippen LogP contribution in [-0.2, 0) is 13.0 Å². The van der Waals surface area contributed by atoms with Crippen LogP contribution in [0.4, 0.5) is 0 Å². The predicted octanol–water partition coefficient (Wildman–Crippen LogP) is 7.12. The minimum atomic E-state index is -0.262. The number of thiazole rings is 1. The number of rotatable bonds is 6.